The van der Waals surface area contributed by atoms with Gasteiger partial charge in [-0.25, -0.2) is 8.78 Å². The lowest BCUT2D eigenvalue weighted by molar-refractivity contribution is -0.142. The summed E-state index contributed by atoms with van der Waals surface area (Å²) in [6.07, 6.45) is 3.60. The van der Waals surface area contributed by atoms with E-state index in [0.717, 1.165) is 31.4 Å². The van der Waals surface area contributed by atoms with Gasteiger partial charge in [-0.3, -0.25) is 9.59 Å². The smallest absolute Gasteiger partial charge is 0.308 e. The number of rotatable bonds is 3. The van der Waals surface area contributed by atoms with E-state index in [1.807, 2.05) is 0 Å². The molecule has 0 bridgehead atoms. The number of amides is 1. The Bertz CT molecular complexity index is 527. The minimum Gasteiger partial charge on any atom is -0.481 e. The van der Waals surface area contributed by atoms with Crippen LogP contribution in [0.5, 0.6) is 0 Å². The summed E-state index contributed by atoms with van der Waals surface area (Å²) in [7, 11) is 0. The van der Waals surface area contributed by atoms with Crippen LogP contribution in [0.2, 0.25) is 0 Å². The second kappa shape index (κ2) is 6.65. The quantitative estimate of drug-likeness (QED) is 0.843. The third-order valence-corrected chi connectivity index (χ3v) is 3.77. The monoisotopic (exact) mass is 297 g/mol. The lowest BCUT2D eigenvalue weighted by Gasteiger charge is -2.22. The molecule has 0 radical (unpaired) electrons. The molecule has 2 atom stereocenters. The Kier molecular flexibility index (Phi) is 4.88. The topological polar surface area (TPSA) is 66.4 Å². The van der Waals surface area contributed by atoms with Gasteiger partial charge in [0, 0.05) is 17.7 Å². The van der Waals surface area contributed by atoms with Gasteiger partial charge in [-0.05, 0) is 25.0 Å². The molecule has 1 aromatic carbocycles. The van der Waals surface area contributed by atoms with Crippen LogP contribution in [0.4, 0.5) is 8.78 Å². The fraction of sp³-hybridized carbons (Fsp3) is 0.467. The molecule has 6 heteroatoms. The summed E-state index contributed by atoms with van der Waals surface area (Å²) in [5, 5.41) is 11.8. The van der Waals surface area contributed by atoms with Crippen molar-refractivity contribution in [3.63, 3.8) is 0 Å². The molecule has 0 aliphatic heterocycles. The number of benzene rings is 1. The molecule has 1 saturated carbocycles. The molecule has 4 nitrogen and oxygen atoms in total. The van der Waals surface area contributed by atoms with Gasteiger partial charge in [0.2, 0.25) is 0 Å². The Balaban J connectivity index is 2.14. The highest BCUT2D eigenvalue weighted by molar-refractivity contribution is 5.94. The first-order chi connectivity index (χ1) is 9.97. The van der Waals surface area contributed by atoms with Crippen LogP contribution in [-0.2, 0) is 4.79 Å². The summed E-state index contributed by atoms with van der Waals surface area (Å²) in [4.78, 5) is 23.3. The van der Waals surface area contributed by atoms with Crippen molar-refractivity contribution in [2.45, 2.75) is 38.1 Å². The summed E-state index contributed by atoms with van der Waals surface area (Å²) >= 11 is 0. The molecule has 0 saturated heterocycles. The third kappa shape index (κ3) is 4.00. The zero-order valence-corrected chi connectivity index (χ0v) is 11.4. The molecule has 1 fully saturated rings. The number of halogens is 2. The van der Waals surface area contributed by atoms with Crippen molar-refractivity contribution >= 4 is 11.9 Å². The van der Waals surface area contributed by atoms with Crippen LogP contribution in [0.15, 0.2) is 18.2 Å². The van der Waals surface area contributed by atoms with Crippen molar-refractivity contribution in [2.24, 2.45) is 5.92 Å². The molecule has 1 aliphatic carbocycles. The van der Waals surface area contributed by atoms with Gasteiger partial charge in [0.1, 0.15) is 11.6 Å². The Hall–Kier alpha value is -1.98. The molecule has 114 valence electrons. The number of carbonyl (C=O) groups excluding carboxylic acids is 1. The van der Waals surface area contributed by atoms with E-state index in [4.69, 9.17) is 0 Å². The molecule has 0 aromatic heterocycles. The Morgan fingerprint density at radius 3 is 2.29 bits per heavy atom. The van der Waals surface area contributed by atoms with E-state index in [-0.39, 0.29) is 5.56 Å². The predicted molar refractivity (Wildman–Crippen MR) is 71.8 cm³/mol. The molecule has 2 unspecified atom stereocenters. The number of carboxylic acid groups (broad SMARTS) is 1. The zero-order valence-electron chi connectivity index (χ0n) is 11.4. The molecule has 0 spiro atoms. The zero-order chi connectivity index (χ0) is 15.4. The van der Waals surface area contributed by atoms with Gasteiger partial charge in [0.25, 0.3) is 5.91 Å². The van der Waals surface area contributed by atoms with Crippen LogP contribution in [0.25, 0.3) is 0 Å². The average Bonchev–Trinajstić information content (AvgIpc) is 2.63. The highest BCUT2D eigenvalue weighted by Gasteiger charge is 2.30. The molecule has 2 rings (SSSR count). The first kappa shape index (κ1) is 15.4. The van der Waals surface area contributed by atoms with Crippen molar-refractivity contribution in [3.05, 3.63) is 35.4 Å². The highest BCUT2D eigenvalue weighted by atomic mass is 19.1. The maximum Gasteiger partial charge on any atom is 0.308 e. The lowest BCUT2D eigenvalue weighted by atomic mass is 9.94. The Morgan fingerprint density at radius 1 is 1.05 bits per heavy atom. The maximum absolute atomic E-state index is 13.1. The molecule has 21 heavy (non-hydrogen) atoms. The van der Waals surface area contributed by atoms with Crippen LogP contribution in [0.3, 0.4) is 0 Å². The molecule has 1 aliphatic rings. The first-order valence-electron chi connectivity index (χ1n) is 6.97. The van der Waals surface area contributed by atoms with Crippen LogP contribution in [0, 0.1) is 17.6 Å². The summed E-state index contributed by atoms with van der Waals surface area (Å²) in [5.74, 6) is -3.93. The highest BCUT2D eigenvalue weighted by Crippen LogP contribution is 2.24. The van der Waals surface area contributed by atoms with Gasteiger partial charge in [0.15, 0.2) is 0 Å². The summed E-state index contributed by atoms with van der Waals surface area (Å²) in [5.41, 5.74) is -0.138. The minimum atomic E-state index is -0.951. The van der Waals surface area contributed by atoms with Crippen molar-refractivity contribution < 1.29 is 23.5 Å². The maximum atomic E-state index is 13.1. The predicted octanol–water partition coefficient (Wildman–Crippen LogP) is 2.73. The summed E-state index contributed by atoms with van der Waals surface area (Å²) in [6, 6.07) is 2.04. The SMILES string of the molecule is O=C(NC1CCCCCC1C(=O)O)c1cc(F)cc(F)c1. The molecule has 1 aromatic rings. The van der Waals surface area contributed by atoms with Gasteiger partial charge < -0.3 is 10.4 Å². The molecule has 2 N–H and O–H groups in total. The van der Waals surface area contributed by atoms with Crippen molar-refractivity contribution in [2.75, 3.05) is 0 Å². The first-order valence-corrected chi connectivity index (χ1v) is 6.97. The van der Waals surface area contributed by atoms with Gasteiger partial charge >= 0.3 is 5.97 Å². The van der Waals surface area contributed by atoms with E-state index in [0.29, 0.717) is 18.9 Å². The lowest BCUT2D eigenvalue weighted by Crippen LogP contribution is -2.42. The van der Waals surface area contributed by atoms with Gasteiger partial charge in [-0.1, -0.05) is 19.3 Å². The Labute approximate surface area is 121 Å². The fourth-order valence-corrected chi connectivity index (χ4v) is 2.71. The van der Waals surface area contributed by atoms with Crippen LogP contribution in [0.1, 0.15) is 42.5 Å². The number of hydrogen-bond donors (Lipinski definition) is 2. The van der Waals surface area contributed by atoms with Crippen LogP contribution in [-0.4, -0.2) is 23.0 Å². The fourth-order valence-electron chi connectivity index (χ4n) is 2.71. The molecule has 0 heterocycles. The van der Waals surface area contributed by atoms with Gasteiger partial charge in [-0.15, -0.1) is 0 Å². The second-order valence-electron chi connectivity index (χ2n) is 5.32. The van der Waals surface area contributed by atoms with Crippen molar-refractivity contribution in [1.29, 1.82) is 0 Å². The number of carboxylic acids is 1. The van der Waals surface area contributed by atoms with Crippen LogP contribution >= 0.6 is 0 Å². The van der Waals surface area contributed by atoms with Crippen molar-refractivity contribution in [3.8, 4) is 0 Å². The molecular weight excluding hydrogens is 280 g/mol. The van der Waals surface area contributed by atoms with E-state index in [1.54, 1.807) is 0 Å². The van der Waals surface area contributed by atoms with E-state index in [1.165, 1.54) is 0 Å². The van der Waals surface area contributed by atoms with Crippen molar-refractivity contribution in [1.82, 2.24) is 5.32 Å². The summed E-state index contributed by atoms with van der Waals surface area (Å²) in [6.45, 7) is 0. The van der Waals surface area contributed by atoms with Crippen LogP contribution < -0.4 is 5.32 Å². The number of hydrogen-bond acceptors (Lipinski definition) is 2. The Morgan fingerprint density at radius 2 is 1.67 bits per heavy atom. The normalized spacial score (nSPS) is 22.4. The van der Waals surface area contributed by atoms with E-state index in [9.17, 15) is 23.5 Å². The summed E-state index contributed by atoms with van der Waals surface area (Å²) < 4.78 is 26.2. The third-order valence-electron chi connectivity index (χ3n) is 3.77. The largest absolute Gasteiger partial charge is 0.481 e. The van der Waals surface area contributed by atoms with E-state index < -0.39 is 35.5 Å². The minimum absolute atomic E-state index is 0.138. The second-order valence-corrected chi connectivity index (χ2v) is 5.32. The van der Waals surface area contributed by atoms with Gasteiger partial charge in [0.05, 0.1) is 5.92 Å². The molecule has 1 amide bonds. The van der Waals surface area contributed by atoms with E-state index in [2.05, 4.69) is 5.32 Å². The number of nitrogens with one attached hydrogen (secondary N) is 1. The standard InChI is InChI=1S/C15H17F2NO3/c16-10-6-9(7-11(17)8-10)14(19)18-13-5-3-1-2-4-12(13)15(20)21/h6-8,12-13H,1-5H2,(H,18,19)(H,20,21). The van der Waals surface area contributed by atoms with E-state index >= 15 is 0 Å². The number of aliphatic carboxylic acids is 1. The molecular formula is C15H17F2NO3. The number of carbonyl (C=O) groups is 2. The average molecular weight is 297 g/mol. The van der Waals surface area contributed by atoms with Gasteiger partial charge in [-0.2, -0.15) is 0 Å².